The van der Waals surface area contributed by atoms with Crippen LogP contribution in [-0.2, 0) is 9.59 Å². The van der Waals surface area contributed by atoms with Gasteiger partial charge in [-0.25, -0.2) is 0 Å². The van der Waals surface area contributed by atoms with Gasteiger partial charge in [-0.05, 0) is 49.6 Å². The maximum absolute atomic E-state index is 11.9. The van der Waals surface area contributed by atoms with E-state index >= 15 is 0 Å². The van der Waals surface area contributed by atoms with Crippen LogP contribution in [0.25, 0.3) is 0 Å². The normalized spacial score (nSPS) is 16.7. The van der Waals surface area contributed by atoms with Crippen molar-refractivity contribution in [3.05, 3.63) is 24.3 Å². The molecular formula is C17H26ClN3O2. The van der Waals surface area contributed by atoms with Gasteiger partial charge in [0.15, 0.2) is 0 Å². The molecule has 5 nitrogen and oxygen atoms in total. The fourth-order valence-corrected chi connectivity index (χ4v) is 2.59. The Labute approximate surface area is 144 Å². The van der Waals surface area contributed by atoms with Crippen molar-refractivity contribution in [1.82, 2.24) is 5.32 Å². The van der Waals surface area contributed by atoms with E-state index in [2.05, 4.69) is 16.0 Å². The van der Waals surface area contributed by atoms with Crippen LogP contribution in [0.5, 0.6) is 0 Å². The Balaban J connectivity index is 0.00000264. The largest absolute Gasteiger partial charge is 0.326 e. The van der Waals surface area contributed by atoms with Gasteiger partial charge in [-0.2, -0.15) is 0 Å². The fraction of sp³-hybridized carbons (Fsp3) is 0.529. The third-order valence-electron chi connectivity index (χ3n) is 3.64. The van der Waals surface area contributed by atoms with E-state index in [4.69, 9.17) is 0 Å². The number of rotatable bonds is 6. The summed E-state index contributed by atoms with van der Waals surface area (Å²) in [5.41, 5.74) is 1.51. The lowest BCUT2D eigenvalue weighted by atomic mass is 10.1. The molecule has 1 unspecified atom stereocenters. The minimum atomic E-state index is 0. The molecule has 1 aromatic rings. The maximum Gasteiger partial charge on any atom is 0.225 e. The monoisotopic (exact) mass is 339 g/mol. The summed E-state index contributed by atoms with van der Waals surface area (Å²) in [5.74, 6) is 0.373. The zero-order valence-corrected chi connectivity index (χ0v) is 14.5. The van der Waals surface area contributed by atoms with Crippen molar-refractivity contribution in [2.45, 2.75) is 45.6 Å². The summed E-state index contributed by atoms with van der Waals surface area (Å²) >= 11 is 0. The van der Waals surface area contributed by atoms with Gasteiger partial charge in [-0.15, -0.1) is 12.4 Å². The van der Waals surface area contributed by atoms with E-state index in [0.717, 1.165) is 30.8 Å². The lowest BCUT2D eigenvalue weighted by Gasteiger charge is -2.11. The zero-order chi connectivity index (χ0) is 15.9. The first kappa shape index (κ1) is 19.5. The summed E-state index contributed by atoms with van der Waals surface area (Å²) in [6.07, 6.45) is 3.22. The highest BCUT2D eigenvalue weighted by molar-refractivity contribution is 5.93. The Morgan fingerprint density at radius 1 is 1.13 bits per heavy atom. The summed E-state index contributed by atoms with van der Waals surface area (Å²) in [7, 11) is 0. The van der Waals surface area contributed by atoms with Gasteiger partial charge >= 0.3 is 0 Å². The second-order valence-electron chi connectivity index (χ2n) is 6.27. The molecule has 23 heavy (non-hydrogen) atoms. The first-order chi connectivity index (χ1) is 10.5. The second-order valence-corrected chi connectivity index (χ2v) is 6.27. The predicted octanol–water partition coefficient (Wildman–Crippen LogP) is 3.17. The zero-order valence-electron chi connectivity index (χ0n) is 13.7. The molecule has 3 N–H and O–H groups in total. The molecule has 0 radical (unpaired) electrons. The van der Waals surface area contributed by atoms with Crippen LogP contribution in [0.15, 0.2) is 24.3 Å². The standard InChI is InChI=1S/C17H25N3O2.ClH/c1-12(2)10-16(21)19-13-5-7-14(8-6-13)20-17(22)11-15-4-3-9-18-15;/h5-8,12,15,18H,3-4,9-11H2,1-2H3,(H,19,21)(H,20,22);1H. The van der Waals surface area contributed by atoms with Crippen LogP contribution in [0.4, 0.5) is 11.4 Å². The average molecular weight is 340 g/mol. The van der Waals surface area contributed by atoms with Crippen LogP contribution >= 0.6 is 12.4 Å². The second kappa shape index (κ2) is 9.53. The van der Waals surface area contributed by atoms with Gasteiger partial charge in [-0.1, -0.05) is 13.8 Å². The number of amides is 2. The van der Waals surface area contributed by atoms with E-state index in [1.165, 1.54) is 0 Å². The van der Waals surface area contributed by atoms with Gasteiger partial charge in [0, 0.05) is 30.3 Å². The molecule has 1 atom stereocenters. The van der Waals surface area contributed by atoms with Gasteiger partial charge in [0.05, 0.1) is 0 Å². The minimum absolute atomic E-state index is 0. The van der Waals surface area contributed by atoms with Crippen molar-refractivity contribution in [2.24, 2.45) is 5.92 Å². The lowest BCUT2D eigenvalue weighted by Crippen LogP contribution is -2.27. The maximum atomic E-state index is 11.9. The Hall–Kier alpha value is -1.59. The van der Waals surface area contributed by atoms with E-state index in [0.29, 0.717) is 24.8 Å². The van der Waals surface area contributed by atoms with Crippen molar-refractivity contribution in [2.75, 3.05) is 17.2 Å². The highest BCUT2D eigenvalue weighted by Gasteiger charge is 2.17. The molecule has 128 valence electrons. The van der Waals surface area contributed by atoms with Crippen LogP contribution in [0, 0.1) is 5.92 Å². The summed E-state index contributed by atoms with van der Waals surface area (Å²) < 4.78 is 0. The molecule has 0 spiro atoms. The Bertz CT molecular complexity index is 511. The topological polar surface area (TPSA) is 70.2 Å². The first-order valence-electron chi connectivity index (χ1n) is 7.96. The molecule has 0 bridgehead atoms. The summed E-state index contributed by atoms with van der Waals surface area (Å²) in [6, 6.07) is 7.54. The van der Waals surface area contributed by atoms with Crippen molar-refractivity contribution >= 4 is 35.6 Å². The fourth-order valence-electron chi connectivity index (χ4n) is 2.59. The van der Waals surface area contributed by atoms with Gasteiger partial charge in [0.2, 0.25) is 11.8 Å². The van der Waals surface area contributed by atoms with Crippen molar-refractivity contribution in [3.63, 3.8) is 0 Å². The van der Waals surface area contributed by atoms with E-state index in [9.17, 15) is 9.59 Å². The number of benzene rings is 1. The number of carbonyl (C=O) groups excluding carboxylic acids is 2. The number of nitrogens with one attached hydrogen (secondary N) is 3. The molecule has 1 aliphatic rings. The average Bonchev–Trinajstić information content (AvgIpc) is 2.92. The molecule has 1 heterocycles. The van der Waals surface area contributed by atoms with Crippen LogP contribution in [-0.4, -0.2) is 24.4 Å². The Morgan fingerprint density at radius 2 is 1.70 bits per heavy atom. The number of halogens is 1. The molecule has 1 fully saturated rings. The van der Waals surface area contributed by atoms with Crippen LogP contribution < -0.4 is 16.0 Å². The van der Waals surface area contributed by atoms with Gasteiger partial charge in [0.25, 0.3) is 0 Å². The SMILES string of the molecule is CC(C)CC(=O)Nc1ccc(NC(=O)CC2CCCN2)cc1.Cl. The summed E-state index contributed by atoms with van der Waals surface area (Å²) in [5, 5.41) is 9.05. The lowest BCUT2D eigenvalue weighted by molar-refractivity contribution is -0.117. The van der Waals surface area contributed by atoms with Gasteiger partial charge in [-0.3, -0.25) is 9.59 Å². The summed E-state index contributed by atoms with van der Waals surface area (Å²) in [4.78, 5) is 23.6. The van der Waals surface area contributed by atoms with E-state index in [1.807, 2.05) is 38.1 Å². The molecule has 2 amide bonds. The number of hydrogen-bond acceptors (Lipinski definition) is 3. The molecule has 0 saturated carbocycles. The third kappa shape index (κ3) is 7.01. The van der Waals surface area contributed by atoms with Crippen LogP contribution in [0.2, 0.25) is 0 Å². The molecule has 0 aromatic heterocycles. The third-order valence-corrected chi connectivity index (χ3v) is 3.64. The van der Waals surface area contributed by atoms with Crippen LogP contribution in [0.3, 0.4) is 0 Å². The van der Waals surface area contributed by atoms with Crippen LogP contribution in [0.1, 0.15) is 39.5 Å². The smallest absolute Gasteiger partial charge is 0.225 e. The number of hydrogen-bond donors (Lipinski definition) is 3. The van der Waals surface area contributed by atoms with E-state index in [1.54, 1.807) is 0 Å². The number of carbonyl (C=O) groups is 2. The summed E-state index contributed by atoms with van der Waals surface area (Å²) in [6.45, 7) is 5.03. The highest BCUT2D eigenvalue weighted by atomic mass is 35.5. The molecule has 1 saturated heterocycles. The van der Waals surface area contributed by atoms with Crippen molar-refractivity contribution < 1.29 is 9.59 Å². The first-order valence-corrected chi connectivity index (χ1v) is 7.96. The van der Waals surface area contributed by atoms with Gasteiger partial charge < -0.3 is 16.0 Å². The highest BCUT2D eigenvalue weighted by Crippen LogP contribution is 2.16. The molecule has 1 aromatic carbocycles. The Morgan fingerprint density at radius 3 is 2.17 bits per heavy atom. The predicted molar refractivity (Wildman–Crippen MR) is 96.0 cm³/mol. The van der Waals surface area contributed by atoms with E-state index < -0.39 is 0 Å². The minimum Gasteiger partial charge on any atom is -0.326 e. The molecule has 6 heteroatoms. The van der Waals surface area contributed by atoms with Gasteiger partial charge in [0.1, 0.15) is 0 Å². The molecular weight excluding hydrogens is 314 g/mol. The molecule has 2 rings (SSSR count). The van der Waals surface area contributed by atoms with Crippen molar-refractivity contribution in [3.8, 4) is 0 Å². The molecule has 0 aliphatic carbocycles. The van der Waals surface area contributed by atoms with E-state index in [-0.39, 0.29) is 24.2 Å². The van der Waals surface area contributed by atoms with Crippen molar-refractivity contribution in [1.29, 1.82) is 0 Å². The Kier molecular flexibility index (Phi) is 8.06. The molecule has 1 aliphatic heterocycles. The number of anilines is 2. The quantitative estimate of drug-likeness (QED) is 0.745.